The number of ether oxygens (including phenoxy) is 1. The first-order chi connectivity index (χ1) is 22.2. The second-order valence-corrected chi connectivity index (χ2v) is 11.2. The summed E-state index contributed by atoms with van der Waals surface area (Å²) in [6.45, 7) is 0.672. The fraction of sp³-hybridized carbons (Fsp3) is 0.353. The second-order valence-electron chi connectivity index (χ2n) is 11.2. The summed E-state index contributed by atoms with van der Waals surface area (Å²) in [5, 5.41) is 15.7. The van der Waals surface area contributed by atoms with E-state index in [1.807, 2.05) is 60.7 Å². The van der Waals surface area contributed by atoms with Crippen LogP contribution in [0.1, 0.15) is 30.4 Å². The molecule has 12 nitrogen and oxygen atoms in total. The molecule has 0 aliphatic carbocycles. The van der Waals surface area contributed by atoms with E-state index in [2.05, 4.69) is 16.1 Å². The number of hydrogen-bond donors (Lipinski definition) is 6. The summed E-state index contributed by atoms with van der Waals surface area (Å²) in [4.78, 5) is 58.3. The highest BCUT2D eigenvalue weighted by atomic mass is 35.5. The van der Waals surface area contributed by atoms with Crippen molar-refractivity contribution in [3.8, 4) is 0 Å². The molecule has 47 heavy (non-hydrogen) atoms. The van der Waals surface area contributed by atoms with E-state index in [4.69, 9.17) is 21.0 Å². The van der Waals surface area contributed by atoms with Crippen molar-refractivity contribution >= 4 is 41.7 Å². The van der Waals surface area contributed by atoms with Crippen molar-refractivity contribution in [1.82, 2.24) is 10.6 Å². The van der Waals surface area contributed by atoms with Gasteiger partial charge >= 0.3 is 5.97 Å². The van der Waals surface area contributed by atoms with Gasteiger partial charge in [0.25, 0.3) is 5.91 Å². The number of carboxylic acid groups (broad SMARTS) is 1. The van der Waals surface area contributed by atoms with Gasteiger partial charge in [0.05, 0.1) is 5.69 Å². The van der Waals surface area contributed by atoms with Gasteiger partial charge in [0.15, 0.2) is 29.6 Å². The minimum atomic E-state index is -2.14. The Balaban J connectivity index is 0.00000600. The van der Waals surface area contributed by atoms with Crippen LogP contribution in [-0.2, 0) is 41.6 Å². The Morgan fingerprint density at radius 1 is 0.872 bits per heavy atom. The van der Waals surface area contributed by atoms with Gasteiger partial charge in [-0.3, -0.25) is 29.5 Å². The molecule has 1 fully saturated rings. The Morgan fingerprint density at radius 3 is 2.06 bits per heavy atom. The van der Waals surface area contributed by atoms with Crippen molar-refractivity contribution in [2.75, 3.05) is 18.6 Å². The molecule has 1 heterocycles. The molecule has 8 N–H and O–H groups in total. The molecule has 1 aliphatic heterocycles. The third-order valence-corrected chi connectivity index (χ3v) is 7.74. The van der Waals surface area contributed by atoms with Gasteiger partial charge in [-0.1, -0.05) is 78.9 Å². The van der Waals surface area contributed by atoms with Crippen LogP contribution in [0.3, 0.4) is 0 Å². The molecule has 0 radical (unpaired) electrons. The van der Waals surface area contributed by atoms with Crippen LogP contribution in [0.15, 0.2) is 91.0 Å². The summed E-state index contributed by atoms with van der Waals surface area (Å²) in [5.74, 6) is -3.34. The molecule has 3 aromatic carbocycles. The summed E-state index contributed by atoms with van der Waals surface area (Å²) in [6, 6.07) is 26.5. The van der Waals surface area contributed by atoms with Gasteiger partial charge in [0.2, 0.25) is 5.91 Å². The van der Waals surface area contributed by atoms with Crippen molar-refractivity contribution in [1.29, 1.82) is 0 Å². The van der Waals surface area contributed by atoms with E-state index in [1.54, 1.807) is 30.3 Å². The number of unbranched alkanes of at least 4 members (excludes halogenated alkanes) is 1. The fourth-order valence-corrected chi connectivity index (χ4v) is 5.05. The summed E-state index contributed by atoms with van der Waals surface area (Å²) in [7, 11) is 0. The van der Waals surface area contributed by atoms with Crippen LogP contribution in [0.25, 0.3) is 0 Å². The lowest BCUT2D eigenvalue weighted by atomic mass is 9.84. The Labute approximate surface area is 279 Å². The summed E-state index contributed by atoms with van der Waals surface area (Å²) in [5.41, 5.74) is 14.7. The van der Waals surface area contributed by atoms with Gasteiger partial charge in [-0.2, -0.15) is 0 Å². The van der Waals surface area contributed by atoms with Crippen molar-refractivity contribution in [3.05, 3.63) is 102 Å². The molecule has 1 aliphatic rings. The van der Waals surface area contributed by atoms with E-state index >= 15 is 0 Å². The van der Waals surface area contributed by atoms with Crippen LogP contribution in [0, 0.1) is 0 Å². The third-order valence-electron chi connectivity index (χ3n) is 7.74. The lowest BCUT2D eigenvalue weighted by molar-refractivity contribution is -0.155. The number of ketones is 1. The molecular formula is C34H42ClN5O7. The third kappa shape index (κ3) is 10.6. The zero-order chi connectivity index (χ0) is 32.9. The quantitative estimate of drug-likeness (QED) is 0.0626. The molecule has 2 amide bonds. The molecule has 0 spiro atoms. The van der Waals surface area contributed by atoms with Gasteiger partial charge in [0, 0.05) is 13.0 Å². The van der Waals surface area contributed by atoms with Crippen molar-refractivity contribution in [2.45, 2.75) is 62.0 Å². The van der Waals surface area contributed by atoms with Gasteiger partial charge in [0.1, 0.15) is 6.04 Å². The van der Waals surface area contributed by atoms with Gasteiger partial charge in [-0.25, -0.2) is 0 Å². The van der Waals surface area contributed by atoms with Crippen LogP contribution in [0.4, 0.5) is 5.69 Å². The number of Topliss-reactive ketones (excluding diaryl/α,β-unsaturated/α-hetero) is 1. The van der Waals surface area contributed by atoms with Gasteiger partial charge in [-0.05, 0) is 55.5 Å². The first-order valence-corrected chi connectivity index (χ1v) is 15.3. The van der Waals surface area contributed by atoms with Crippen LogP contribution in [-0.4, -0.2) is 71.7 Å². The minimum Gasteiger partial charge on any atom is -0.480 e. The number of nitrogens with one attached hydrogen (secondary N) is 3. The number of nitrogens with two attached hydrogens (primary N) is 2. The highest BCUT2D eigenvalue weighted by Crippen LogP contribution is 2.30. The van der Waals surface area contributed by atoms with Crippen LogP contribution < -0.4 is 27.6 Å². The molecule has 4 rings (SSSR count). The maximum atomic E-state index is 13.7. The smallest absolute Gasteiger partial charge is 0.327 e. The number of carboxylic acids is 1. The summed E-state index contributed by atoms with van der Waals surface area (Å²) < 4.78 is 5.47. The molecule has 252 valence electrons. The second kappa shape index (κ2) is 18.1. The van der Waals surface area contributed by atoms with E-state index in [9.17, 15) is 24.3 Å². The highest BCUT2D eigenvalue weighted by molar-refractivity contribution is 6.02. The van der Waals surface area contributed by atoms with Crippen LogP contribution in [0.2, 0.25) is 0 Å². The summed E-state index contributed by atoms with van der Waals surface area (Å²) >= 11 is 0. The van der Waals surface area contributed by atoms with Crippen LogP contribution >= 0.6 is 12.4 Å². The van der Waals surface area contributed by atoms with Crippen molar-refractivity contribution in [3.63, 3.8) is 0 Å². The largest absolute Gasteiger partial charge is 0.480 e. The average molecular weight is 668 g/mol. The Morgan fingerprint density at radius 2 is 1.47 bits per heavy atom. The first kappa shape index (κ1) is 37.1. The van der Waals surface area contributed by atoms with E-state index in [-0.39, 0.29) is 25.2 Å². The van der Waals surface area contributed by atoms with E-state index in [0.29, 0.717) is 38.0 Å². The number of hydrogen-bond acceptors (Lipinski definition) is 9. The number of aliphatic carboxylic acids is 1. The monoisotopic (exact) mass is 667 g/mol. The van der Waals surface area contributed by atoms with Crippen molar-refractivity contribution in [2.24, 2.45) is 11.5 Å². The molecule has 0 saturated carbocycles. The number of rotatable bonds is 19. The number of benzene rings is 3. The number of epoxide rings is 1. The van der Waals surface area contributed by atoms with Gasteiger partial charge < -0.3 is 31.9 Å². The lowest BCUT2D eigenvalue weighted by Gasteiger charge is -2.32. The van der Waals surface area contributed by atoms with E-state index in [1.165, 1.54) is 0 Å². The van der Waals surface area contributed by atoms with Gasteiger partial charge in [-0.15, -0.1) is 12.4 Å². The standard InChI is InChI=1S/C34H41N5O7.ClH/c35-20-11-10-19-34(36,33(43)44)30(46-39-25-16-8-3-9-17-25)27(40)28-29(45-28)32(42)38-26(22-24-14-6-2-7-15-24)31(41)37-21-18-23-12-4-1-5-13-23;/h1-9,12-17,26,28-30,39H,10-11,18-22,35-36H2,(H,37,41)(H,38,42)(H,43,44);1H/t26?,28-,29+,30?,34+;/m1./s1. The number of carbonyl (C=O) groups is 4. The number of carbonyl (C=O) groups excluding carboxylic acids is 3. The molecule has 2 unspecified atom stereocenters. The van der Waals surface area contributed by atoms with E-state index in [0.717, 1.165) is 11.1 Å². The molecule has 0 bridgehead atoms. The predicted molar refractivity (Wildman–Crippen MR) is 179 cm³/mol. The molecule has 0 aromatic heterocycles. The zero-order valence-corrected chi connectivity index (χ0v) is 26.7. The normalized spacial score (nSPS) is 17.6. The Bertz CT molecular complexity index is 1450. The number of halogens is 1. The number of anilines is 1. The molecule has 13 heteroatoms. The molecule has 1 saturated heterocycles. The number of amides is 2. The summed E-state index contributed by atoms with van der Waals surface area (Å²) in [6.07, 6.45) is -2.78. The van der Waals surface area contributed by atoms with E-state index < -0.39 is 53.5 Å². The molecule has 5 atom stereocenters. The van der Waals surface area contributed by atoms with Crippen LogP contribution in [0.5, 0.6) is 0 Å². The predicted octanol–water partition coefficient (Wildman–Crippen LogP) is 2.15. The highest BCUT2D eigenvalue weighted by Gasteiger charge is 2.58. The lowest BCUT2D eigenvalue weighted by Crippen LogP contribution is -2.62. The number of para-hydroxylation sites is 1. The Hall–Kier alpha value is -4.33. The SMILES string of the molecule is Cl.NCCCC[C@@](N)(C(=O)O)C(ONc1ccccc1)C(=O)[C@H]1O[C@@H]1C(=O)NC(Cc1ccccc1)C(=O)NCCc1ccccc1. The topological polar surface area (TPSA) is 198 Å². The molecule has 3 aromatic rings. The fourth-order valence-electron chi connectivity index (χ4n) is 5.05. The Kier molecular flexibility index (Phi) is 14.3. The zero-order valence-electron chi connectivity index (χ0n) is 25.9. The average Bonchev–Trinajstić information content (AvgIpc) is 3.87. The minimum absolute atomic E-state index is 0. The molecular weight excluding hydrogens is 626 g/mol. The maximum Gasteiger partial charge on any atom is 0.327 e. The maximum absolute atomic E-state index is 13.7. The first-order valence-electron chi connectivity index (χ1n) is 15.3. The van der Waals surface area contributed by atoms with Crippen molar-refractivity contribution < 1.29 is 33.9 Å².